The fourth-order valence-corrected chi connectivity index (χ4v) is 8.42. The second-order valence-corrected chi connectivity index (χ2v) is 13.1. The molecule has 0 saturated heterocycles. The third kappa shape index (κ3) is 4.20. The summed E-state index contributed by atoms with van der Waals surface area (Å²) in [6, 6.07) is 55.3. The molecule has 0 atom stereocenters. The first-order valence-corrected chi connectivity index (χ1v) is 16.9. The molecular weight excluding hydrogens is 605 g/mol. The van der Waals surface area contributed by atoms with Crippen molar-refractivity contribution in [1.29, 1.82) is 0 Å². The van der Waals surface area contributed by atoms with E-state index in [-0.39, 0.29) is 0 Å². The smallest absolute Gasteiger partial charge is 0.160 e. The van der Waals surface area contributed by atoms with Crippen LogP contribution < -0.4 is 0 Å². The summed E-state index contributed by atoms with van der Waals surface area (Å²) in [7, 11) is 0. The molecule has 10 rings (SSSR count). The summed E-state index contributed by atoms with van der Waals surface area (Å²) >= 11 is 1.84. The van der Waals surface area contributed by atoms with Crippen molar-refractivity contribution in [3.8, 4) is 45.0 Å². The lowest BCUT2D eigenvalue weighted by atomic mass is 9.94. The van der Waals surface area contributed by atoms with Crippen molar-refractivity contribution in [2.75, 3.05) is 0 Å². The average Bonchev–Trinajstić information content (AvgIpc) is 3.75. The molecule has 0 radical (unpaired) electrons. The van der Waals surface area contributed by atoms with Gasteiger partial charge in [-0.2, -0.15) is 0 Å². The van der Waals surface area contributed by atoms with E-state index in [2.05, 4.69) is 127 Å². The molecule has 0 amide bonds. The van der Waals surface area contributed by atoms with Gasteiger partial charge in [0.2, 0.25) is 0 Å². The van der Waals surface area contributed by atoms with Gasteiger partial charge in [-0.3, -0.25) is 0 Å². The zero-order valence-corrected chi connectivity index (χ0v) is 26.5. The van der Waals surface area contributed by atoms with E-state index in [1.807, 2.05) is 41.7 Å². The summed E-state index contributed by atoms with van der Waals surface area (Å²) in [4.78, 5) is 10.2. The van der Waals surface area contributed by atoms with Gasteiger partial charge in [0.05, 0.1) is 11.4 Å². The molecule has 3 heterocycles. The maximum atomic E-state index is 6.56. The van der Waals surface area contributed by atoms with Crippen molar-refractivity contribution < 1.29 is 4.42 Å². The fraction of sp³-hybridized carbons (Fsp3) is 0. The zero-order chi connectivity index (χ0) is 31.6. The van der Waals surface area contributed by atoms with Crippen molar-refractivity contribution in [2.24, 2.45) is 0 Å². The average molecular weight is 631 g/mol. The van der Waals surface area contributed by atoms with Gasteiger partial charge in [0, 0.05) is 58.6 Å². The number of hydrogen-bond acceptors (Lipinski definition) is 4. The molecule has 0 saturated carbocycles. The SMILES string of the molecule is c1ccc(-c2cc(-c3cccc4c3sc3c(-c5cc6ccccc6c6oc7ccccc7c56)cccc34)nc(-c3ccccc3)n2)cc1. The highest BCUT2D eigenvalue weighted by Crippen LogP contribution is 2.47. The van der Waals surface area contributed by atoms with Crippen LogP contribution in [0.2, 0.25) is 0 Å². The van der Waals surface area contributed by atoms with Crippen LogP contribution in [0.1, 0.15) is 0 Å². The number of fused-ring (bicyclic) bond motifs is 8. The molecule has 48 heavy (non-hydrogen) atoms. The van der Waals surface area contributed by atoms with Crippen LogP contribution in [0.5, 0.6) is 0 Å². The molecule has 0 spiro atoms. The van der Waals surface area contributed by atoms with Gasteiger partial charge in [-0.1, -0.05) is 140 Å². The van der Waals surface area contributed by atoms with Crippen LogP contribution in [0.25, 0.3) is 97.9 Å². The highest BCUT2D eigenvalue weighted by Gasteiger charge is 2.20. The number of nitrogens with zero attached hydrogens (tertiary/aromatic N) is 2. The highest BCUT2D eigenvalue weighted by atomic mass is 32.1. The molecule has 0 aliphatic heterocycles. The first kappa shape index (κ1) is 27.1. The van der Waals surface area contributed by atoms with E-state index in [1.54, 1.807) is 0 Å². The Bertz CT molecular complexity index is 2780. The predicted molar refractivity (Wildman–Crippen MR) is 201 cm³/mol. The summed E-state index contributed by atoms with van der Waals surface area (Å²) in [6.07, 6.45) is 0. The van der Waals surface area contributed by atoms with E-state index in [0.717, 1.165) is 61.2 Å². The fourth-order valence-electron chi connectivity index (χ4n) is 7.06. The standard InChI is InChI=1S/C44H26N2OS/c1-3-13-27(14-4-1)37-26-38(46-44(45-37)28-15-5-2-6-16-28)34-23-12-21-32-31-20-11-22-33(42(31)48-43(32)34)36-25-29-17-7-8-18-30(29)41-40(36)35-19-9-10-24-39(35)47-41/h1-26H. The Balaban J connectivity index is 1.25. The Hall–Kier alpha value is -6.10. The maximum Gasteiger partial charge on any atom is 0.160 e. The summed E-state index contributed by atoms with van der Waals surface area (Å²) in [6.45, 7) is 0. The lowest BCUT2D eigenvalue weighted by Crippen LogP contribution is -1.95. The number of thiophene rings is 1. The Labute approximate surface area is 280 Å². The second kappa shape index (κ2) is 10.7. The van der Waals surface area contributed by atoms with E-state index in [9.17, 15) is 0 Å². The Morgan fingerprint density at radius 1 is 0.438 bits per heavy atom. The van der Waals surface area contributed by atoms with Crippen LogP contribution in [0.3, 0.4) is 0 Å². The molecule has 0 aliphatic carbocycles. The maximum absolute atomic E-state index is 6.56. The van der Waals surface area contributed by atoms with Crippen LogP contribution in [0, 0.1) is 0 Å². The summed E-state index contributed by atoms with van der Waals surface area (Å²) in [5, 5.41) is 7.06. The summed E-state index contributed by atoms with van der Waals surface area (Å²) < 4.78 is 9.03. The van der Waals surface area contributed by atoms with Gasteiger partial charge >= 0.3 is 0 Å². The number of hydrogen-bond donors (Lipinski definition) is 0. The molecule has 0 fully saturated rings. The molecule has 0 N–H and O–H groups in total. The van der Waals surface area contributed by atoms with Crippen LogP contribution >= 0.6 is 11.3 Å². The minimum atomic E-state index is 0.719. The summed E-state index contributed by atoms with van der Waals surface area (Å²) in [5.41, 5.74) is 9.22. The molecule has 224 valence electrons. The van der Waals surface area contributed by atoms with Gasteiger partial charge in [-0.25, -0.2) is 9.97 Å². The topological polar surface area (TPSA) is 38.9 Å². The lowest BCUT2D eigenvalue weighted by Gasteiger charge is -2.10. The molecule has 0 bridgehead atoms. The van der Waals surface area contributed by atoms with Gasteiger partial charge < -0.3 is 4.42 Å². The largest absolute Gasteiger partial charge is 0.455 e. The molecule has 0 unspecified atom stereocenters. The minimum absolute atomic E-state index is 0.719. The van der Waals surface area contributed by atoms with Crippen LogP contribution in [-0.2, 0) is 0 Å². The minimum Gasteiger partial charge on any atom is -0.455 e. The number of rotatable bonds is 4. The highest BCUT2D eigenvalue weighted by molar-refractivity contribution is 7.26. The van der Waals surface area contributed by atoms with Crippen LogP contribution in [0.15, 0.2) is 162 Å². The van der Waals surface area contributed by atoms with Gasteiger partial charge in [0.15, 0.2) is 5.82 Å². The quantitative estimate of drug-likeness (QED) is 0.194. The molecule has 0 aliphatic rings. The van der Waals surface area contributed by atoms with E-state index >= 15 is 0 Å². The molecular formula is C44H26N2OS. The Morgan fingerprint density at radius 2 is 1.04 bits per heavy atom. The molecule has 10 aromatic rings. The monoisotopic (exact) mass is 630 g/mol. The van der Waals surface area contributed by atoms with E-state index in [0.29, 0.717) is 0 Å². The van der Waals surface area contributed by atoms with Crippen LogP contribution in [0.4, 0.5) is 0 Å². The van der Waals surface area contributed by atoms with E-state index in [1.165, 1.54) is 36.7 Å². The summed E-state index contributed by atoms with van der Waals surface area (Å²) in [5.74, 6) is 0.719. The van der Waals surface area contributed by atoms with Crippen molar-refractivity contribution in [1.82, 2.24) is 9.97 Å². The van der Waals surface area contributed by atoms with Gasteiger partial charge in [0.1, 0.15) is 11.2 Å². The molecule has 4 heteroatoms. The number of para-hydroxylation sites is 1. The molecule has 3 aromatic heterocycles. The third-order valence-electron chi connectivity index (χ3n) is 9.29. The van der Waals surface area contributed by atoms with Gasteiger partial charge in [-0.05, 0) is 29.1 Å². The Kier molecular flexibility index (Phi) is 6.05. The lowest BCUT2D eigenvalue weighted by molar-refractivity contribution is 0.673. The third-order valence-corrected chi connectivity index (χ3v) is 10.6. The van der Waals surface area contributed by atoms with Crippen molar-refractivity contribution >= 4 is 64.2 Å². The molecule has 3 nitrogen and oxygen atoms in total. The first-order chi connectivity index (χ1) is 23.8. The number of aromatic nitrogens is 2. The predicted octanol–water partition coefficient (Wildman–Crippen LogP) is 12.6. The number of benzene rings is 7. The molecule has 7 aromatic carbocycles. The van der Waals surface area contributed by atoms with E-state index in [4.69, 9.17) is 14.4 Å². The second-order valence-electron chi connectivity index (χ2n) is 12.1. The first-order valence-electron chi connectivity index (χ1n) is 16.1. The normalized spacial score (nSPS) is 11.8. The van der Waals surface area contributed by atoms with Crippen LogP contribution in [-0.4, -0.2) is 9.97 Å². The van der Waals surface area contributed by atoms with Crippen molar-refractivity contribution in [2.45, 2.75) is 0 Å². The Morgan fingerprint density at radius 3 is 1.83 bits per heavy atom. The van der Waals surface area contributed by atoms with E-state index < -0.39 is 0 Å². The van der Waals surface area contributed by atoms with Crippen molar-refractivity contribution in [3.05, 3.63) is 158 Å². The van der Waals surface area contributed by atoms with Gasteiger partial charge in [0.25, 0.3) is 0 Å². The zero-order valence-electron chi connectivity index (χ0n) is 25.7. The van der Waals surface area contributed by atoms with Crippen molar-refractivity contribution in [3.63, 3.8) is 0 Å². The number of furan rings is 1. The van der Waals surface area contributed by atoms with Gasteiger partial charge in [-0.15, -0.1) is 11.3 Å².